The Kier molecular flexibility index (Phi) is 8.02. The van der Waals surface area contributed by atoms with Gasteiger partial charge in [-0.2, -0.15) is 0 Å². The topological polar surface area (TPSA) is 114 Å². The summed E-state index contributed by atoms with van der Waals surface area (Å²) in [6, 6.07) is 16.4. The van der Waals surface area contributed by atoms with Crippen molar-refractivity contribution in [2.75, 3.05) is 26.8 Å². The Morgan fingerprint density at radius 2 is 1.60 bits per heavy atom. The molecule has 0 bridgehead atoms. The number of hydrogen-bond donors (Lipinski definition) is 3. The smallest absolute Gasteiger partial charge is 0.407 e. The Bertz CT molecular complexity index is 1030. The van der Waals surface area contributed by atoms with Gasteiger partial charge in [-0.15, -0.1) is 0 Å². The third kappa shape index (κ3) is 5.65. The van der Waals surface area contributed by atoms with Crippen molar-refractivity contribution < 1.29 is 29.0 Å². The quantitative estimate of drug-likeness (QED) is 0.506. The van der Waals surface area contributed by atoms with E-state index in [0.29, 0.717) is 13.0 Å². The number of carbonyl (C=O) groups is 3. The van der Waals surface area contributed by atoms with Gasteiger partial charge in [0.2, 0.25) is 5.91 Å². The summed E-state index contributed by atoms with van der Waals surface area (Å²) in [5.41, 5.74) is 4.65. The maximum atomic E-state index is 12.7. The summed E-state index contributed by atoms with van der Waals surface area (Å²) in [6.45, 7) is 0.483. The molecule has 8 nitrogen and oxygen atoms in total. The van der Waals surface area contributed by atoms with Crippen LogP contribution in [-0.4, -0.2) is 56.0 Å². The van der Waals surface area contributed by atoms with E-state index in [4.69, 9.17) is 14.6 Å². The Hall–Kier alpha value is -3.39. The van der Waals surface area contributed by atoms with Gasteiger partial charge < -0.3 is 25.2 Å². The number of methoxy groups -OCH3 is 1. The van der Waals surface area contributed by atoms with Gasteiger partial charge in [0.25, 0.3) is 0 Å². The first-order chi connectivity index (χ1) is 17.0. The number of fused-ring (bicyclic) bond motifs is 3. The number of aliphatic carboxylic acids is 1. The fraction of sp³-hybridized carbons (Fsp3) is 0.444. The Balaban J connectivity index is 1.30. The minimum Gasteiger partial charge on any atom is -0.479 e. The molecule has 8 heteroatoms. The van der Waals surface area contributed by atoms with E-state index in [2.05, 4.69) is 34.9 Å². The first-order valence-corrected chi connectivity index (χ1v) is 12.1. The minimum atomic E-state index is -1.12. The second-order valence-corrected chi connectivity index (χ2v) is 9.17. The largest absolute Gasteiger partial charge is 0.479 e. The maximum absolute atomic E-state index is 12.7. The minimum absolute atomic E-state index is 0.00989. The van der Waals surface area contributed by atoms with Crippen LogP contribution in [0.5, 0.6) is 0 Å². The molecule has 2 amide bonds. The Morgan fingerprint density at radius 1 is 0.971 bits per heavy atom. The van der Waals surface area contributed by atoms with E-state index in [1.807, 2.05) is 24.3 Å². The van der Waals surface area contributed by atoms with Gasteiger partial charge in [-0.25, -0.2) is 9.59 Å². The zero-order chi connectivity index (χ0) is 24.8. The van der Waals surface area contributed by atoms with Crippen LogP contribution in [0.4, 0.5) is 4.79 Å². The highest BCUT2D eigenvalue weighted by Gasteiger charge is 2.33. The summed E-state index contributed by atoms with van der Waals surface area (Å²) in [4.78, 5) is 36.4. The predicted molar refractivity (Wildman–Crippen MR) is 130 cm³/mol. The average Bonchev–Trinajstić information content (AvgIpc) is 3.20. The van der Waals surface area contributed by atoms with Crippen LogP contribution in [0.1, 0.15) is 42.7 Å². The van der Waals surface area contributed by atoms with Crippen molar-refractivity contribution in [3.63, 3.8) is 0 Å². The van der Waals surface area contributed by atoms with Crippen LogP contribution in [-0.2, 0) is 19.1 Å². The molecule has 3 atom stereocenters. The molecule has 1 saturated carbocycles. The van der Waals surface area contributed by atoms with Gasteiger partial charge in [0.05, 0.1) is 6.54 Å². The normalized spacial score (nSPS) is 19.8. The lowest BCUT2D eigenvalue weighted by Gasteiger charge is -2.31. The summed E-state index contributed by atoms with van der Waals surface area (Å²) in [7, 11) is 1.30. The lowest BCUT2D eigenvalue weighted by Crippen LogP contribution is -2.45. The molecule has 2 aliphatic rings. The molecule has 0 spiro atoms. The molecule has 186 valence electrons. The van der Waals surface area contributed by atoms with Gasteiger partial charge in [-0.3, -0.25) is 4.79 Å². The second-order valence-electron chi connectivity index (χ2n) is 9.17. The summed E-state index contributed by atoms with van der Waals surface area (Å²) in [5.74, 6) is -1.65. The summed E-state index contributed by atoms with van der Waals surface area (Å²) in [6.07, 6.45) is 1.84. The molecular weight excluding hydrogens is 448 g/mol. The first kappa shape index (κ1) is 24.7. The van der Waals surface area contributed by atoms with Crippen molar-refractivity contribution in [2.45, 2.75) is 37.7 Å². The number of carbonyl (C=O) groups excluding carboxylic acids is 2. The molecule has 2 aromatic rings. The van der Waals surface area contributed by atoms with E-state index < -0.39 is 18.2 Å². The molecule has 3 unspecified atom stereocenters. The molecule has 3 N–H and O–H groups in total. The fourth-order valence-electron chi connectivity index (χ4n) is 5.26. The van der Waals surface area contributed by atoms with E-state index in [1.165, 1.54) is 18.2 Å². The lowest BCUT2D eigenvalue weighted by atomic mass is 9.78. The van der Waals surface area contributed by atoms with Crippen molar-refractivity contribution in [3.8, 4) is 11.1 Å². The summed E-state index contributed by atoms with van der Waals surface area (Å²) < 4.78 is 10.5. The number of nitrogens with one attached hydrogen (secondary N) is 2. The SMILES string of the molecule is COC(CNC(=O)C1CCCCC1CNC(=O)OCC1c2ccccc2-c2ccccc21)C(=O)O. The molecule has 4 rings (SSSR count). The number of amides is 2. The molecule has 0 aromatic heterocycles. The van der Waals surface area contributed by atoms with Gasteiger partial charge in [0, 0.05) is 25.5 Å². The van der Waals surface area contributed by atoms with Gasteiger partial charge >= 0.3 is 12.1 Å². The van der Waals surface area contributed by atoms with Gasteiger partial charge in [-0.05, 0) is 41.0 Å². The van der Waals surface area contributed by atoms with E-state index in [9.17, 15) is 14.4 Å². The Labute approximate surface area is 205 Å². The molecule has 1 fully saturated rings. The van der Waals surface area contributed by atoms with Crippen LogP contribution < -0.4 is 10.6 Å². The van der Waals surface area contributed by atoms with E-state index in [-0.39, 0.29) is 36.8 Å². The lowest BCUT2D eigenvalue weighted by molar-refractivity contribution is -0.148. The highest BCUT2D eigenvalue weighted by molar-refractivity contribution is 5.81. The predicted octanol–water partition coefficient (Wildman–Crippen LogP) is 3.55. The first-order valence-electron chi connectivity index (χ1n) is 12.1. The number of alkyl carbamates (subject to hydrolysis) is 1. The number of rotatable bonds is 9. The fourth-order valence-corrected chi connectivity index (χ4v) is 5.26. The van der Waals surface area contributed by atoms with Crippen LogP contribution in [0.15, 0.2) is 48.5 Å². The molecule has 0 heterocycles. The monoisotopic (exact) mass is 480 g/mol. The number of benzene rings is 2. The molecule has 0 radical (unpaired) electrons. The number of carboxylic acids is 1. The zero-order valence-corrected chi connectivity index (χ0v) is 19.9. The number of ether oxygens (including phenoxy) is 2. The second kappa shape index (κ2) is 11.4. The van der Waals surface area contributed by atoms with Crippen molar-refractivity contribution in [3.05, 3.63) is 59.7 Å². The molecule has 0 aliphatic heterocycles. The number of carboxylic acid groups (broad SMARTS) is 1. The zero-order valence-electron chi connectivity index (χ0n) is 19.9. The van der Waals surface area contributed by atoms with Crippen LogP contribution in [0.25, 0.3) is 11.1 Å². The van der Waals surface area contributed by atoms with Crippen LogP contribution in [0.3, 0.4) is 0 Å². The highest BCUT2D eigenvalue weighted by atomic mass is 16.5. The highest BCUT2D eigenvalue weighted by Crippen LogP contribution is 2.44. The standard InChI is InChI=1S/C27H32N2O6/c1-34-24(26(31)32)15-28-25(30)18-9-3-2-8-17(18)14-29-27(33)35-16-23-21-12-6-4-10-19(21)20-11-5-7-13-22(20)23/h4-7,10-13,17-18,23-24H,2-3,8-9,14-16H2,1H3,(H,28,30)(H,29,33)(H,31,32). The average molecular weight is 481 g/mol. The van der Waals surface area contributed by atoms with E-state index >= 15 is 0 Å². The summed E-state index contributed by atoms with van der Waals surface area (Å²) in [5, 5.41) is 14.6. The van der Waals surface area contributed by atoms with Crippen LogP contribution in [0, 0.1) is 11.8 Å². The van der Waals surface area contributed by atoms with Crippen molar-refractivity contribution in [1.29, 1.82) is 0 Å². The van der Waals surface area contributed by atoms with Crippen LogP contribution in [0.2, 0.25) is 0 Å². The third-order valence-electron chi connectivity index (χ3n) is 7.12. The van der Waals surface area contributed by atoms with Crippen LogP contribution >= 0.6 is 0 Å². The van der Waals surface area contributed by atoms with Crippen molar-refractivity contribution in [1.82, 2.24) is 10.6 Å². The van der Waals surface area contributed by atoms with Gasteiger partial charge in [0.1, 0.15) is 6.61 Å². The van der Waals surface area contributed by atoms with Crippen molar-refractivity contribution in [2.24, 2.45) is 11.8 Å². The van der Waals surface area contributed by atoms with Gasteiger partial charge in [-0.1, -0.05) is 61.4 Å². The molecule has 2 aromatic carbocycles. The number of hydrogen-bond acceptors (Lipinski definition) is 5. The molecule has 2 aliphatic carbocycles. The van der Waals surface area contributed by atoms with E-state index in [0.717, 1.165) is 30.4 Å². The van der Waals surface area contributed by atoms with Crippen molar-refractivity contribution >= 4 is 18.0 Å². The molecule has 35 heavy (non-hydrogen) atoms. The third-order valence-corrected chi connectivity index (χ3v) is 7.12. The molecular formula is C27H32N2O6. The summed E-state index contributed by atoms with van der Waals surface area (Å²) >= 11 is 0. The van der Waals surface area contributed by atoms with E-state index in [1.54, 1.807) is 0 Å². The van der Waals surface area contributed by atoms with Gasteiger partial charge in [0.15, 0.2) is 6.10 Å². The Morgan fingerprint density at radius 3 is 2.23 bits per heavy atom. The maximum Gasteiger partial charge on any atom is 0.407 e. The molecule has 0 saturated heterocycles.